The van der Waals surface area contributed by atoms with Gasteiger partial charge in [0.2, 0.25) is 0 Å². The molecule has 1 fully saturated rings. The van der Waals surface area contributed by atoms with E-state index in [1.165, 1.54) is 0 Å². The summed E-state index contributed by atoms with van der Waals surface area (Å²) in [6.45, 7) is 6.92. The molecule has 1 aliphatic rings. The van der Waals surface area contributed by atoms with E-state index in [1.54, 1.807) is 4.90 Å². The third kappa shape index (κ3) is 5.35. The van der Waals surface area contributed by atoms with E-state index in [0.717, 1.165) is 0 Å². The van der Waals surface area contributed by atoms with Gasteiger partial charge < -0.3 is 19.5 Å². The van der Waals surface area contributed by atoms with Crippen molar-refractivity contribution in [2.45, 2.75) is 45.3 Å². The summed E-state index contributed by atoms with van der Waals surface area (Å²) in [4.78, 5) is 23.4. The van der Waals surface area contributed by atoms with Crippen molar-refractivity contribution in [1.82, 2.24) is 4.90 Å². The highest BCUT2D eigenvalue weighted by Crippen LogP contribution is 2.17. The van der Waals surface area contributed by atoms with E-state index in [2.05, 4.69) is 0 Å². The zero-order valence-electron chi connectivity index (χ0n) is 11.1. The van der Waals surface area contributed by atoms with Crippen LogP contribution in [0.25, 0.3) is 0 Å². The van der Waals surface area contributed by atoms with Crippen LogP contribution in [0.4, 0.5) is 4.79 Å². The first-order valence-electron chi connectivity index (χ1n) is 6.09. The fourth-order valence-corrected chi connectivity index (χ4v) is 1.49. The highest BCUT2D eigenvalue weighted by Gasteiger charge is 2.34. The van der Waals surface area contributed by atoms with Crippen LogP contribution in [0.1, 0.15) is 33.6 Å². The summed E-state index contributed by atoms with van der Waals surface area (Å²) in [6.07, 6.45) is 0.292. The first kappa shape index (κ1) is 14.8. The number of carbonyl (C=O) groups excluding carboxylic acids is 1. The minimum absolute atomic E-state index is 0.00585. The summed E-state index contributed by atoms with van der Waals surface area (Å²) in [6, 6.07) is 0. The van der Waals surface area contributed by atoms with Gasteiger partial charge in [-0.15, -0.1) is 0 Å². The molecule has 0 atom stereocenters. The summed E-state index contributed by atoms with van der Waals surface area (Å²) in [5.74, 6) is -0.817. The minimum atomic E-state index is -0.817. The lowest BCUT2D eigenvalue weighted by molar-refractivity contribution is -0.137. The molecular weight excluding hydrogens is 238 g/mol. The Morgan fingerprint density at radius 3 is 2.44 bits per heavy atom. The zero-order chi connectivity index (χ0) is 13.8. The van der Waals surface area contributed by atoms with Gasteiger partial charge >= 0.3 is 12.1 Å². The number of rotatable bonds is 5. The van der Waals surface area contributed by atoms with E-state index in [0.29, 0.717) is 26.1 Å². The Balaban J connectivity index is 2.09. The zero-order valence-corrected chi connectivity index (χ0v) is 11.1. The predicted octanol–water partition coefficient (Wildman–Crippen LogP) is 1.49. The Morgan fingerprint density at radius 2 is 1.94 bits per heavy atom. The number of hydrogen-bond donors (Lipinski definition) is 1. The lowest BCUT2D eigenvalue weighted by Crippen LogP contribution is -2.55. The number of amides is 1. The van der Waals surface area contributed by atoms with Gasteiger partial charge in [0.05, 0.1) is 19.2 Å². The average molecular weight is 259 g/mol. The molecular formula is C12H21NO5. The molecule has 1 rings (SSSR count). The fourth-order valence-electron chi connectivity index (χ4n) is 1.49. The number of likely N-dealkylation sites (tertiary alicyclic amines) is 1. The van der Waals surface area contributed by atoms with Crippen LogP contribution in [0.3, 0.4) is 0 Å². The van der Waals surface area contributed by atoms with Crippen LogP contribution in [0, 0.1) is 0 Å². The van der Waals surface area contributed by atoms with Gasteiger partial charge in [-0.2, -0.15) is 0 Å². The summed E-state index contributed by atoms with van der Waals surface area (Å²) in [7, 11) is 0. The standard InChI is InChI=1S/C12H21NO5/c1-12(2,3)18-11(16)13-7-9(8-13)17-6-4-5-10(14)15/h9H,4-8H2,1-3H3,(H,14,15). The lowest BCUT2D eigenvalue weighted by atomic mass is 10.1. The largest absolute Gasteiger partial charge is 0.481 e. The SMILES string of the molecule is CC(C)(C)OC(=O)N1CC(OCCCC(=O)O)C1. The van der Waals surface area contributed by atoms with Crippen LogP contribution in [-0.4, -0.2) is 53.5 Å². The normalized spacial score (nSPS) is 16.3. The Hall–Kier alpha value is -1.30. The Labute approximate surface area is 107 Å². The lowest BCUT2D eigenvalue weighted by Gasteiger charge is -2.39. The van der Waals surface area contributed by atoms with Gasteiger partial charge in [0.1, 0.15) is 5.60 Å². The Bertz CT molecular complexity index is 304. The summed E-state index contributed by atoms with van der Waals surface area (Å²) in [5.41, 5.74) is -0.482. The second-order valence-corrected chi connectivity index (χ2v) is 5.38. The van der Waals surface area contributed by atoms with Crippen LogP contribution in [-0.2, 0) is 14.3 Å². The van der Waals surface area contributed by atoms with Crippen LogP contribution in [0.5, 0.6) is 0 Å². The van der Waals surface area contributed by atoms with E-state index in [4.69, 9.17) is 14.6 Å². The summed E-state index contributed by atoms with van der Waals surface area (Å²) >= 11 is 0. The smallest absolute Gasteiger partial charge is 0.410 e. The van der Waals surface area contributed by atoms with Gasteiger partial charge in [-0.25, -0.2) is 4.79 Å². The van der Waals surface area contributed by atoms with Gasteiger partial charge in [0.15, 0.2) is 0 Å². The first-order chi connectivity index (χ1) is 8.28. The second kappa shape index (κ2) is 6.04. The highest BCUT2D eigenvalue weighted by molar-refractivity contribution is 5.69. The molecule has 1 heterocycles. The third-order valence-corrected chi connectivity index (χ3v) is 2.39. The van der Waals surface area contributed by atoms with Crippen LogP contribution in [0.2, 0.25) is 0 Å². The molecule has 1 N–H and O–H groups in total. The Kier molecular flexibility index (Phi) is 4.95. The third-order valence-electron chi connectivity index (χ3n) is 2.39. The number of hydrogen-bond acceptors (Lipinski definition) is 4. The molecule has 0 saturated carbocycles. The van der Waals surface area contributed by atoms with Crippen LogP contribution in [0.15, 0.2) is 0 Å². The van der Waals surface area contributed by atoms with Crippen LogP contribution >= 0.6 is 0 Å². The fraction of sp³-hybridized carbons (Fsp3) is 0.833. The predicted molar refractivity (Wildman–Crippen MR) is 64.4 cm³/mol. The summed E-state index contributed by atoms with van der Waals surface area (Å²) in [5, 5.41) is 8.45. The van der Waals surface area contributed by atoms with E-state index in [-0.39, 0.29) is 18.6 Å². The number of carbonyl (C=O) groups is 2. The molecule has 0 aromatic heterocycles. The number of carboxylic acids is 1. The summed E-state index contributed by atoms with van der Waals surface area (Å²) < 4.78 is 10.6. The van der Waals surface area contributed by atoms with Crippen LogP contribution < -0.4 is 0 Å². The average Bonchev–Trinajstić information content (AvgIpc) is 2.10. The minimum Gasteiger partial charge on any atom is -0.481 e. The van der Waals surface area contributed by atoms with Crippen molar-refractivity contribution in [1.29, 1.82) is 0 Å². The molecule has 104 valence electrons. The van der Waals surface area contributed by atoms with E-state index >= 15 is 0 Å². The molecule has 6 nitrogen and oxygen atoms in total. The molecule has 1 amide bonds. The second-order valence-electron chi connectivity index (χ2n) is 5.38. The molecule has 0 aliphatic carbocycles. The Morgan fingerprint density at radius 1 is 1.33 bits per heavy atom. The van der Waals surface area contributed by atoms with E-state index in [9.17, 15) is 9.59 Å². The molecule has 0 spiro atoms. The maximum absolute atomic E-state index is 11.6. The van der Waals surface area contributed by atoms with Crippen molar-refractivity contribution in [3.63, 3.8) is 0 Å². The van der Waals surface area contributed by atoms with Gasteiger partial charge in [-0.05, 0) is 27.2 Å². The van der Waals surface area contributed by atoms with E-state index in [1.807, 2.05) is 20.8 Å². The van der Waals surface area contributed by atoms with Crippen molar-refractivity contribution in [2.24, 2.45) is 0 Å². The quantitative estimate of drug-likeness (QED) is 0.757. The molecule has 18 heavy (non-hydrogen) atoms. The molecule has 0 aromatic carbocycles. The number of nitrogens with zero attached hydrogens (tertiary/aromatic N) is 1. The van der Waals surface area contributed by atoms with Crippen molar-refractivity contribution in [3.05, 3.63) is 0 Å². The number of ether oxygens (including phenoxy) is 2. The molecule has 0 unspecified atom stereocenters. The number of aliphatic carboxylic acids is 1. The van der Waals surface area contributed by atoms with Crippen molar-refractivity contribution in [2.75, 3.05) is 19.7 Å². The van der Waals surface area contributed by atoms with Gasteiger partial charge in [-0.1, -0.05) is 0 Å². The van der Waals surface area contributed by atoms with Gasteiger partial charge in [0.25, 0.3) is 0 Å². The molecule has 6 heteroatoms. The first-order valence-corrected chi connectivity index (χ1v) is 6.09. The van der Waals surface area contributed by atoms with Gasteiger partial charge in [0, 0.05) is 13.0 Å². The molecule has 1 saturated heterocycles. The maximum atomic E-state index is 11.6. The monoisotopic (exact) mass is 259 g/mol. The highest BCUT2D eigenvalue weighted by atomic mass is 16.6. The maximum Gasteiger partial charge on any atom is 0.410 e. The van der Waals surface area contributed by atoms with Crippen molar-refractivity contribution in [3.8, 4) is 0 Å². The molecule has 0 aromatic rings. The molecule has 0 bridgehead atoms. The van der Waals surface area contributed by atoms with E-state index < -0.39 is 11.6 Å². The number of carboxylic acid groups (broad SMARTS) is 1. The molecule has 1 aliphatic heterocycles. The topological polar surface area (TPSA) is 76.1 Å². The molecule has 0 radical (unpaired) electrons. The van der Waals surface area contributed by atoms with Crippen molar-refractivity contribution < 1.29 is 24.2 Å². The van der Waals surface area contributed by atoms with Crippen molar-refractivity contribution >= 4 is 12.1 Å². The van der Waals surface area contributed by atoms with Gasteiger partial charge in [-0.3, -0.25) is 4.79 Å².